The second kappa shape index (κ2) is 10.8. The van der Waals surface area contributed by atoms with Gasteiger partial charge in [0.05, 0.1) is 40.5 Å². The van der Waals surface area contributed by atoms with Gasteiger partial charge in [-0.25, -0.2) is 9.79 Å². The van der Waals surface area contributed by atoms with E-state index in [1.165, 1.54) is 36.8 Å². The molecule has 0 N–H and O–H groups in total. The van der Waals surface area contributed by atoms with Gasteiger partial charge in [0, 0.05) is 19.1 Å². The Kier molecular flexibility index (Phi) is 7.53. The summed E-state index contributed by atoms with van der Waals surface area (Å²) in [7, 11) is 1.43. The van der Waals surface area contributed by atoms with Gasteiger partial charge in [0.15, 0.2) is 16.3 Å². The molecule has 0 saturated heterocycles. The van der Waals surface area contributed by atoms with Crippen LogP contribution in [0, 0.1) is 10.1 Å². The number of benzene rings is 2. The van der Waals surface area contributed by atoms with Crippen molar-refractivity contribution in [3.05, 3.63) is 94.7 Å². The molecule has 0 saturated carbocycles. The fourth-order valence-electron chi connectivity index (χ4n) is 4.08. The Morgan fingerprint density at radius 1 is 1.21 bits per heavy atom. The second-order valence-corrected chi connectivity index (χ2v) is 9.17. The number of nitro benzene ring substituents is 1. The number of carbonyl (C=O) groups is 2. The normalized spacial score (nSPS) is 14.9. The molecule has 1 aliphatic heterocycles. The molecule has 1 unspecified atom stereocenters. The van der Waals surface area contributed by atoms with Crippen molar-refractivity contribution in [3.8, 4) is 11.5 Å². The number of aromatic nitrogens is 1. The maximum Gasteiger partial charge on any atom is 0.338 e. The van der Waals surface area contributed by atoms with Crippen molar-refractivity contribution >= 4 is 35.0 Å². The minimum absolute atomic E-state index is 0.104. The van der Waals surface area contributed by atoms with Crippen LogP contribution < -0.4 is 24.4 Å². The van der Waals surface area contributed by atoms with Crippen LogP contribution in [-0.4, -0.2) is 35.1 Å². The summed E-state index contributed by atoms with van der Waals surface area (Å²) in [6.07, 6.45) is 1.62. The van der Waals surface area contributed by atoms with E-state index in [0.717, 1.165) is 11.3 Å². The molecule has 0 bridgehead atoms. The van der Waals surface area contributed by atoms with Crippen LogP contribution >= 0.6 is 11.3 Å². The molecular formula is C26H23N3O8S. The number of fused-ring (bicyclic) bond motifs is 1. The minimum atomic E-state index is -0.978. The molecule has 0 spiro atoms. The summed E-state index contributed by atoms with van der Waals surface area (Å²) < 4.78 is 17.3. The first-order chi connectivity index (χ1) is 18.1. The zero-order valence-electron chi connectivity index (χ0n) is 20.9. The molecule has 4 rings (SSSR count). The van der Waals surface area contributed by atoms with Gasteiger partial charge < -0.3 is 14.2 Å². The van der Waals surface area contributed by atoms with Gasteiger partial charge in [-0.2, -0.15) is 0 Å². The van der Waals surface area contributed by atoms with Gasteiger partial charge in [-0.15, -0.1) is 0 Å². The molecule has 2 heterocycles. The van der Waals surface area contributed by atoms with Crippen molar-refractivity contribution in [1.82, 2.24) is 4.57 Å². The number of ether oxygens (including phenoxy) is 3. The number of esters is 2. The Bertz CT molecular complexity index is 1670. The predicted octanol–water partition coefficient (Wildman–Crippen LogP) is 2.64. The Hall–Kier alpha value is -4.58. The monoisotopic (exact) mass is 537 g/mol. The van der Waals surface area contributed by atoms with Crippen molar-refractivity contribution in [3.63, 3.8) is 0 Å². The van der Waals surface area contributed by atoms with Gasteiger partial charge in [-0.1, -0.05) is 29.5 Å². The third kappa shape index (κ3) is 5.11. The van der Waals surface area contributed by atoms with Gasteiger partial charge in [-0.05, 0) is 43.2 Å². The zero-order valence-corrected chi connectivity index (χ0v) is 21.7. The van der Waals surface area contributed by atoms with Crippen LogP contribution in [-0.2, 0) is 14.3 Å². The summed E-state index contributed by atoms with van der Waals surface area (Å²) in [5, 5.41) is 11.4. The first-order valence-electron chi connectivity index (χ1n) is 11.4. The van der Waals surface area contributed by atoms with Crippen molar-refractivity contribution in [2.45, 2.75) is 26.8 Å². The lowest BCUT2D eigenvalue weighted by atomic mass is 9.95. The predicted molar refractivity (Wildman–Crippen MR) is 138 cm³/mol. The van der Waals surface area contributed by atoms with E-state index in [0.29, 0.717) is 31.9 Å². The summed E-state index contributed by atoms with van der Waals surface area (Å²) in [5.41, 5.74) is 0.816. The first kappa shape index (κ1) is 26.5. The Morgan fingerprint density at radius 3 is 2.63 bits per heavy atom. The molecule has 2 aromatic carbocycles. The van der Waals surface area contributed by atoms with Crippen molar-refractivity contribution < 1.29 is 28.7 Å². The van der Waals surface area contributed by atoms with Gasteiger partial charge in [0.1, 0.15) is 0 Å². The molecular weight excluding hydrogens is 514 g/mol. The van der Waals surface area contributed by atoms with E-state index in [-0.39, 0.29) is 23.6 Å². The van der Waals surface area contributed by atoms with E-state index in [1.54, 1.807) is 44.2 Å². The quantitative estimate of drug-likeness (QED) is 0.194. The van der Waals surface area contributed by atoms with Gasteiger partial charge in [0.2, 0.25) is 0 Å². The Morgan fingerprint density at radius 2 is 1.97 bits per heavy atom. The summed E-state index contributed by atoms with van der Waals surface area (Å²) in [4.78, 5) is 53.7. The molecule has 1 aliphatic rings. The molecule has 11 nitrogen and oxygen atoms in total. The molecule has 196 valence electrons. The number of methoxy groups -OCH3 is 1. The topological polar surface area (TPSA) is 139 Å². The van der Waals surface area contributed by atoms with E-state index in [1.807, 2.05) is 0 Å². The van der Waals surface area contributed by atoms with Crippen molar-refractivity contribution in [2.75, 3.05) is 13.7 Å². The average Bonchev–Trinajstić information content (AvgIpc) is 3.18. The van der Waals surface area contributed by atoms with Crippen molar-refractivity contribution in [2.24, 2.45) is 4.99 Å². The Balaban J connectivity index is 1.92. The molecule has 3 aromatic rings. The highest BCUT2D eigenvalue weighted by molar-refractivity contribution is 7.07. The molecule has 0 aliphatic carbocycles. The van der Waals surface area contributed by atoms with Crippen molar-refractivity contribution in [1.29, 1.82) is 0 Å². The second-order valence-electron chi connectivity index (χ2n) is 8.16. The lowest BCUT2D eigenvalue weighted by Crippen LogP contribution is -2.40. The summed E-state index contributed by atoms with van der Waals surface area (Å²) in [6, 6.07) is 9.63. The minimum Gasteiger partial charge on any atom is -0.493 e. The number of allylic oxidation sites excluding steroid dienone is 1. The number of non-ortho nitro benzene ring substituents is 1. The zero-order chi connectivity index (χ0) is 27.6. The number of thiazole rings is 1. The lowest BCUT2D eigenvalue weighted by Gasteiger charge is -2.24. The molecule has 0 radical (unpaired) electrons. The standard InChI is InChI=1S/C26H23N3O8S/c1-5-36-25(32)22-14(2)27-26-28(23(22)17-7-6-8-18(13-17)29(33)34)24(31)21(38-26)12-16-9-10-19(37-15(3)30)20(11-16)35-4/h6-13,23H,5H2,1-4H3/b21-12-. The van der Waals surface area contributed by atoms with Gasteiger partial charge in [-0.3, -0.25) is 24.3 Å². The summed E-state index contributed by atoms with van der Waals surface area (Å²) >= 11 is 1.11. The maximum absolute atomic E-state index is 13.7. The van der Waals surface area contributed by atoms with E-state index in [9.17, 15) is 24.5 Å². The van der Waals surface area contributed by atoms with Crippen LogP contribution in [0.25, 0.3) is 6.08 Å². The van der Waals surface area contributed by atoms with E-state index < -0.39 is 28.5 Å². The van der Waals surface area contributed by atoms with Gasteiger partial charge >= 0.3 is 11.9 Å². The van der Waals surface area contributed by atoms with Crippen LogP contribution in [0.3, 0.4) is 0 Å². The molecule has 12 heteroatoms. The van der Waals surface area contributed by atoms with Gasteiger partial charge in [0.25, 0.3) is 11.2 Å². The van der Waals surface area contributed by atoms with Crippen LogP contribution in [0.1, 0.15) is 37.9 Å². The molecule has 38 heavy (non-hydrogen) atoms. The van der Waals surface area contributed by atoms with Crippen LogP contribution in [0.15, 0.2) is 63.5 Å². The largest absolute Gasteiger partial charge is 0.493 e. The fraction of sp³-hybridized carbons (Fsp3) is 0.231. The van der Waals surface area contributed by atoms with E-state index >= 15 is 0 Å². The highest BCUT2D eigenvalue weighted by Crippen LogP contribution is 2.32. The van der Waals surface area contributed by atoms with E-state index in [2.05, 4.69) is 4.99 Å². The third-order valence-electron chi connectivity index (χ3n) is 5.65. The Labute approximate surface area is 220 Å². The lowest BCUT2D eigenvalue weighted by molar-refractivity contribution is -0.384. The number of rotatable bonds is 7. The smallest absolute Gasteiger partial charge is 0.338 e. The average molecular weight is 538 g/mol. The van der Waals surface area contributed by atoms with Crippen LogP contribution in [0.2, 0.25) is 0 Å². The number of hydrogen-bond acceptors (Lipinski definition) is 10. The highest BCUT2D eigenvalue weighted by atomic mass is 32.1. The highest BCUT2D eigenvalue weighted by Gasteiger charge is 2.34. The molecule has 1 aromatic heterocycles. The summed E-state index contributed by atoms with van der Waals surface area (Å²) in [6.45, 7) is 4.67. The number of carbonyl (C=O) groups excluding carboxylic acids is 2. The molecule has 0 fully saturated rings. The first-order valence-corrected chi connectivity index (χ1v) is 12.3. The number of nitro groups is 1. The van der Waals surface area contributed by atoms with E-state index in [4.69, 9.17) is 14.2 Å². The molecule has 0 amide bonds. The maximum atomic E-state index is 13.7. The van der Waals surface area contributed by atoms with Crippen LogP contribution in [0.4, 0.5) is 5.69 Å². The molecule has 1 atom stereocenters. The number of hydrogen-bond donors (Lipinski definition) is 0. The number of nitrogens with zero attached hydrogens (tertiary/aromatic N) is 3. The fourth-order valence-corrected chi connectivity index (χ4v) is 5.13. The summed E-state index contributed by atoms with van der Waals surface area (Å²) in [5.74, 6) is -0.626. The van der Waals surface area contributed by atoms with Crippen LogP contribution in [0.5, 0.6) is 11.5 Å². The third-order valence-corrected chi connectivity index (χ3v) is 6.64. The SMILES string of the molecule is CCOC(=O)C1=C(C)N=c2s/c(=C\c3ccc(OC(C)=O)c(OC)c3)c(=O)n2C1c1cccc([N+](=O)[O-])c1.